The number of nitrogens with zero attached hydrogens (tertiary/aromatic N) is 2. The molecule has 5 nitrogen and oxygen atoms in total. The predicted octanol–water partition coefficient (Wildman–Crippen LogP) is 3.84. The van der Waals surface area contributed by atoms with E-state index >= 15 is 0 Å². The highest BCUT2D eigenvalue weighted by Gasteiger charge is 2.32. The average molecular weight is 375 g/mol. The Morgan fingerprint density at radius 3 is 2.69 bits per heavy atom. The number of aromatic nitrogens is 2. The number of nitrogens with one attached hydrogen (secondary N) is 2. The van der Waals surface area contributed by atoms with E-state index in [-0.39, 0.29) is 23.9 Å². The number of halogens is 1. The van der Waals surface area contributed by atoms with Crippen LogP contribution in [0.25, 0.3) is 0 Å². The van der Waals surface area contributed by atoms with E-state index in [1.165, 1.54) is 29.7 Å². The molecule has 0 bridgehead atoms. The van der Waals surface area contributed by atoms with Gasteiger partial charge in [-0.15, -0.1) is 12.4 Å². The molecule has 2 N–H and O–H groups in total. The second kappa shape index (κ2) is 7.05. The number of anilines is 1. The first kappa shape index (κ1) is 18.9. The first-order chi connectivity index (χ1) is 11.9. The van der Waals surface area contributed by atoms with E-state index in [1.807, 2.05) is 16.8 Å². The molecule has 6 heteroatoms. The molecule has 2 aromatic rings. The number of benzene rings is 1. The van der Waals surface area contributed by atoms with Crippen molar-refractivity contribution < 1.29 is 4.79 Å². The summed E-state index contributed by atoms with van der Waals surface area (Å²) in [6, 6.07) is 8.15. The van der Waals surface area contributed by atoms with E-state index in [4.69, 9.17) is 0 Å². The molecule has 1 amide bonds. The molecule has 0 atom stereocenters. The summed E-state index contributed by atoms with van der Waals surface area (Å²) in [5.74, 6) is 0.428. The lowest BCUT2D eigenvalue weighted by Gasteiger charge is -2.22. The maximum atomic E-state index is 12.7. The van der Waals surface area contributed by atoms with Gasteiger partial charge in [-0.3, -0.25) is 9.48 Å². The molecule has 1 aliphatic carbocycles. The van der Waals surface area contributed by atoms with Crippen molar-refractivity contribution in [3.05, 3.63) is 46.8 Å². The smallest absolute Gasteiger partial charge is 0.276 e. The lowest BCUT2D eigenvalue weighted by atomic mass is 10.0. The Balaban J connectivity index is 0.00000196. The van der Waals surface area contributed by atoms with Crippen LogP contribution in [-0.2, 0) is 18.5 Å². The topological polar surface area (TPSA) is 59.0 Å². The standard InChI is InChI=1S/C20H26N4O.ClH/c1-20(2,3)24-18(14-4-5-14)11-17(23-24)19(25)22-16-7-6-13-8-9-21-12-15(13)10-16;/h6-7,10-11,14,21H,4-5,8-9,12H2,1-3H3,(H,22,25);1H. The first-order valence-corrected chi connectivity index (χ1v) is 9.16. The largest absolute Gasteiger partial charge is 0.321 e. The Hall–Kier alpha value is -1.85. The zero-order chi connectivity index (χ0) is 17.6. The van der Waals surface area contributed by atoms with Gasteiger partial charge in [-0.25, -0.2) is 0 Å². The number of carbonyl (C=O) groups excluding carboxylic acids is 1. The van der Waals surface area contributed by atoms with Crippen molar-refractivity contribution in [3.8, 4) is 0 Å². The van der Waals surface area contributed by atoms with Gasteiger partial charge in [0.15, 0.2) is 5.69 Å². The van der Waals surface area contributed by atoms with Gasteiger partial charge < -0.3 is 10.6 Å². The average Bonchev–Trinajstić information content (AvgIpc) is 3.31. The van der Waals surface area contributed by atoms with Gasteiger partial charge in [-0.05, 0) is 75.9 Å². The second-order valence-corrected chi connectivity index (χ2v) is 8.18. The highest BCUT2D eigenvalue weighted by Crippen LogP contribution is 2.41. The van der Waals surface area contributed by atoms with Crippen LogP contribution in [0.3, 0.4) is 0 Å². The third-order valence-corrected chi connectivity index (χ3v) is 4.95. The van der Waals surface area contributed by atoms with E-state index < -0.39 is 0 Å². The molecule has 0 unspecified atom stereocenters. The van der Waals surface area contributed by atoms with Crippen LogP contribution < -0.4 is 10.6 Å². The Bertz CT molecular complexity index is 818. The first-order valence-electron chi connectivity index (χ1n) is 9.16. The zero-order valence-electron chi connectivity index (χ0n) is 15.6. The summed E-state index contributed by atoms with van der Waals surface area (Å²) in [4.78, 5) is 12.7. The van der Waals surface area contributed by atoms with Crippen LogP contribution in [-0.4, -0.2) is 22.2 Å². The third kappa shape index (κ3) is 3.79. The van der Waals surface area contributed by atoms with Crippen molar-refractivity contribution >= 4 is 24.0 Å². The van der Waals surface area contributed by atoms with Crippen LogP contribution in [0.15, 0.2) is 24.3 Å². The number of rotatable bonds is 3. The Morgan fingerprint density at radius 2 is 2.00 bits per heavy atom. The summed E-state index contributed by atoms with van der Waals surface area (Å²) in [6.07, 6.45) is 3.44. The molecule has 0 radical (unpaired) electrons. The highest BCUT2D eigenvalue weighted by molar-refractivity contribution is 6.03. The maximum Gasteiger partial charge on any atom is 0.276 e. The van der Waals surface area contributed by atoms with Gasteiger partial charge in [-0.1, -0.05) is 6.07 Å². The van der Waals surface area contributed by atoms with Crippen LogP contribution in [0.1, 0.15) is 66.8 Å². The predicted molar refractivity (Wildman–Crippen MR) is 106 cm³/mol. The van der Waals surface area contributed by atoms with Gasteiger partial charge >= 0.3 is 0 Å². The molecule has 1 aliphatic heterocycles. The summed E-state index contributed by atoms with van der Waals surface area (Å²) < 4.78 is 2.02. The molecule has 1 saturated carbocycles. The fourth-order valence-corrected chi connectivity index (χ4v) is 3.47. The third-order valence-electron chi connectivity index (χ3n) is 4.95. The molecule has 140 valence electrons. The van der Waals surface area contributed by atoms with Crippen molar-refractivity contribution in [2.45, 2.75) is 58.0 Å². The van der Waals surface area contributed by atoms with E-state index in [2.05, 4.69) is 48.6 Å². The van der Waals surface area contributed by atoms with Gasteiger partial charge in [-0.2, -0.15) is 5.10 Å². The van der Waals surface area contributed by atoms with Gasteiger partial charge in [0.05, 0.1) is 5.54 Å². The van der Waals surface area contributed by atoms with Crippen molar-refractivity contribution in [2.75, 3.05) is 11.9 Å². The molecule has 0 saturated heterocycles. The number of carbonyl (C=O) groups is 1. The summed E-state index contributed by atoms with van der Waals surface area (Å²) in [7, 11) is 0. The molecule has 2 aliphatic rings. The van der Waals surface area contributed by atoms with Crippen molar-refractivity contribution in [1.29, 1.82) is 0 Å². The molecular weight excluding hydrogens is 348 g/mol. The van der Waals surface area contributed by atoms with Crippen LogP contribution in [0.5, 0.6) is 0 Å². The number of fused-ring (bicyclic) bond motifs is 1. The zero-order valence-corrected chi connectivity index (χ0v) is 16.4. The molecule has 2 heterocycles. The normalized spacial score (nSPS) is 16.6. The SMILES string of the molecule is CC(C)(C)n1nc(C(=O)Nc2ccc3c(c2)CNCC3)cc1C1CC1.Cl. The van der Waals surface area contributed by atoms with Crippen LogP contribution in [0.4, 0.5) is 5.69 Å². The maximum absolute atomic E-state index is 12.7. The van der Waals surface area contributed by atoms with E-state index in [0.717, 1.165) is 25.2 Å². The minimum Gasteiger partial charge on any atom is -0.321 e. The van der Waals surface area contributed by atoms with Gasteiger partial charge in [0.1, 0.15) is 0 Å². The minimum atomic E-state index is -0.131. The van der Waals surface area contributed by atoms with Crippen molar-refractivity contribution in [2.24, 2.45) is 0 Å². The molecule has 1 aromatic carbocycles. The molecule has 0 spiro atoms. The van der Waals surface area contributed by atoms with Gasteiger partial charge in [0.2, 0.25) is 0 Å². The fourth-order valence-electron chi connectivity index (χ4n) is 3.47. The lowest BCUT2D eigenvalue weighted by Crippen LogP contribution is -2.26. The highest BCUT2D eigenvalue weighted by atomic mass is 35.5. The summed E-state index contributed by atoms with van der Waals surface area (Å²) in [5, 5.41) is 11.0. The quantitative estimate of drug-likeness (QED) is 0.858. The Kier molecular flexibility index (Phi) is 5.13. The molecule has 1 aromatic heterocycles. The van der Waals surface area contributed by atoms with Crippen LogP contribution in [0.2, 0.25) is 0 Å². The number of hydrogen-bond donors (Lipinski definition) is 2. The summed E-state index contributed by atoms with van der Waals surface area (Å²) in [5.41, 5.74) is 5.05. The summed E-state index contributed by atoms with van der Waals surface area (Å²) >= 11 is 0. The number of hydrogen-bond acceptors (Lipinski definition) is 3. The molecule has 4 rings (SSSR count). The minimum absolute atomic E-state index is 0. The second-order valence-electron chi connectivity index (χ2n) is 8.18. The van der Waals surface area contributed by atoms with E-state index in [0.29, 0.717) is 11.6 Å². The Morgan fingerprint density at radius 1 is 1.23 bits per heavy atom. The van der Waals surface area contributed by atoms with Gasteiger partial charge in [0.25, 0.3) is 5.91 Å². The van der Waals surface area contributed by atoms with E-state index in [9.17, 15) is 4.79 Å². The van der Waals surface area contributed by atoms with Crippen molar-refractivity contribution in [3.63, 3.8) is 0 Å². The van der Waals surface area contributed by atoms with Crippen LogP contribution >= 0.6 is 12.4 Å². The monoisotopic (exact) mass is 374 g/mol. The lowest BCUT2D eigenvalue weighted by molar-refractivity contribution is 0.102. The number of amides is 1. The van der Waals surface area contributed by atoms with Crippen LogP contribution in [0, 0.1) is 0 Å². The summed E-state index contributed by atoms with van der Waals surface area (Å²) in [6.45, 7) is 8.27. The molecule has 26 heavy (non-hydrogen) atoms. The molecule has 1 fully saturated rings. The van der Waals surface area contributed by atoms with E-state index in [1.54, 1.807) is 0 Å². The van der Waals surface area contributed by atoms with Gasteiger partial charge in [0, 0.05) is 23.8 Å². The molecular formula is C20H27ClN4O. The fraction of sp³-hybridized carbons (Fsp3) is 0.500. The Labute approximate surface area is 161 Å². The van der Waals surface area contributed by atoms with Crippen molar-refractivity contribution in [1.82, 2.24) is 15.1 Å².